The zero-order chi connectivity index (χ0) is 14.0. The molecule has 1 amide bonds. The van der Waals surface area contributed by atoms with Crippen LogP contribution in [0.1, 0.15) is 31.9 Å². The molecule has 0 saturated carbocycles. The fourth-order valence-corrected chi connectivity index (χ4v) is 3.08. The predicted octanol–water partition coefficient (Wildman–Crippen LogP) is 0.982. The Hall–Kier alpha value is -1.14. The minimum Gasteiger partial charge on any atom is -0.390 e. The van der Waals surface area contributed by atoms with Gasteiger partial charge in [-0.3, -0.25) is 14.2 Å². The van der Waals surface area contributed by atoms with E-state index in [1.54, 1.807) is 10.3 Å². The van der Waals surface area contributed by atoms with Crippen molar-refractivity contribution in [2.75, 3.05) is 13.1 Å². The molecule has 0 bridgehead atoms. The first-order valence-electron chi connectivity index (χ1n) is 6.54. The Balaban J connectivity index is 2.03. The Kier molecular flexibility index (Phi) is 4.10. The van der Waals surface area contributed by atoms with Crippen LogP contribution in [0, 0.1) is 6.92 Å². The van der Waals surface area contributed by atoms with Crippen LogP contribution in [0.3, 0.4) is 0 Å². The average Bonchev–Trinajstić information content (AvgIpc) is 2.55. The maximum Gasteiger partial charge on any atom is 0.307 e. The maximum absolute atomic E-state index is 12.2. The Labute approximate surface area is 116 Å². The first-order chi connectivity index (χ1) is 8.89. The van der Waals surface area contributed by atoms with Gasteiger partial charge in [-0.1, -0.05) is 11.3 Å². The van der Waals surface area contributed by atoms with Crippen LogP contribution in [0.5, 0.6) is 0 Å². The van der Waals surface area contributed by atoms with E-state index in [9.17, 15) is 14.7 Å². The molecule has 1 unspecified atom stereocenters. The van der Waals surface area contributed by atoms with Crippen LogP contribution in [-0.4, -0.2) is 39.2 Å². The number of carbonyl (C=O) groups excluding carboxylic acids is 1. The smallest absolute Gasteiger partial charge is 0.307 e. The van der Waals surface area contributed by atoms with Crippen molar-refractivity contribution in [3.63, 3.8) is 0 Å². The number of nitrogens with zero attached hydrogens (tertiary/aromatic N) is 2. The van der Waals surface area contributed by atoms with Gasteiger partial charge >= 0.3 is 4.87 Å². The number of likely N-dealkylation sites (tertiary alicyclic amines) is 1. The summed E-state index contributed by atoms with van der Waals surface area (Å²) in [7, 11) is 0. The molecule has 1 aromatic heterocycles. The van der Waals surface area contributed by atoms with Crippen LogP contribution in [0.2, 0.25) is 0 Å². The van der Waals surface area contributed by atoms with E-state index in [1.807, 2.05) is 13.8 Å². The first kappa shape index (κ1) is 14.3. The number of aromatic nitrogens is 1. The summed E-state index contributed by atoms with van der Waals surface area (Å²) in [5.41, 5.74) is 0.148. The third-order valence-electron chi connectivity index (χ3n) is 3.69. The lowest BCUT2D eigenvalue weighted by molar-refractivity contribution is -0.132. The zero-order valence-electron chi connectivity index (χ0n) is 11.4. The molecule has 1 aromatic rings. The fraction of sp³-hybridized carbons (Fsp3) is 0.692. The van der Waals surface area contributed by atoms with Crippen LogP contribution < -0.4 is 4.87 Å². The summed E-state index contributed by atoms with van der Waals surface area (Å²) in [4.78, 5) is 25.5. The highest BCUT2D eigenvalue weighted by Crippen LogP contribution is 2.21. The quantitative estimate of drug-likeness (QED) is 0.880. The lowest BCUT2D eigenvalue weighted by Crippen LogP contribution is -2.37. The van der Waals surface area contributed by atoms with Crippen LogP contribution >= 0.6 is 11.3 Å². The predicted molar refractivity (Wildman–Crippen MR) is 74.4 cm³/mol. The normalized spacial score (nSPS) is 24.3. The molecule has 0 aromatic carbocycles. The Bertz CT molecular complexity index is 518. The van der Waals surface area contributed by atoms with E-state index in [1.165, 1.54) is 4.57 Å². The highest BCUT2D eigenvalue weighted by atomic mass is 32.1. The van der Waals surface area contributed by atoms with E-state index in [0.29, 0.717) is 25.9 Å². The number of hydrogen-bond acceptors (Lipinski definition) is 4. The minimum absolute atomic E-state index is 0.0405. The molecule has 6 heteroatoms. The van der Waals surface area contributed by atoms with Gasteiger partial charge in [-0.25, -0.2) is 0 Å². The van der Waals surface area contributed by atoms with Gasteiger partial charge in [0.25, 0.3) is 0 Å². The fourth-order valence-electron chi connectivity index (χ4n) is 2.34. The molecule has 0 aliphatic carbocycles. The number of thiazole rings is 1. The molecule has 2 heterocycles. The molecule has 1 saturated heterocycles. The molecule has 0 spiro atoms. The molecule has 1 fully saturated rings. The van der Waals surface area contributed by atoms with Gasteiger partial charge in [0.15, 0.2) is 0 Å². The van der Waals surface area contributed by atoms with Crippen molar-refractivity contribution in [1.29, 1.82) is 0 Å². The number of aliphatic hydroxyl groups is 1. The second kappa shape index (κ2) is 5.46. The van der Waals surface area contributed by atoms with Crippen molar-refractivity contribution in [2.24, 2.45) is 0 Å². The van der Waals surface area contributed by atoms with Crippen molar-refractivity contribution < 1.29 is 9.90 Å². The van der Waals surface area contributed by atoms with E-state index in [2.05, 4.69) is 0 Å². The summed E-state index contributed by atoms with van der Waals surface area (Å²) in [6.07, 6.45) is 2.11. The summed E-state index contributed by atoms with van der Waals surface area (Å²) < 4.78 is 1.51. The van der Waals surface area contributed by atoms with Crippen LogP contribution in [0.4, 0.5) is 0 Å². The van der Waals surface area contributed by atoms with Crippen LogP contribution in [-0.2, 0) is 11.3 Å². The largest absolute Gasteiger partial charge is 0.390 e. The lowest BCUT2D eigenvalue weighted by Gasteiger charge is -2.22. The molecule has 1 N–H and O–H groups in total. The van der Waals surface area contributed by atoms with Gasteiger partial charge in [-0.15, -0.1) is 0 Å². The van der Waals surface area contributed by atoms with E-state index < -0.39 is 5.60 Å². The minimum atomic E-state index is -0.676. The van der Waals surface area contributed by atoms with E-state index >= 15 is 0 Å². The van der Waals surface area contributed by atoms with Gasteiger partial charge in [0.2, 0.25) is 5.91 Å². The number of carbonyl (C=O) groups is 1. The van der Waals surface area contributed by atoms with E-state index in [4.69, 9.17) is 0 Å². The van der Waals surface area contributed by atoms with Crippen LogP contribution in [0.15, 0.2) is 10.2 Å². The van der Waals surface area contributed by atoms with Gasteiger partial charge in [0.1, 0.15) is 6.54 Å². The van der Waals surface area contributed by atoms with Gasteiger partial charge in [-0.05, 0) is 33.1 Å². The van der Waals surface area contributed by atoms with E-state index in [-0.39, 0.29) is 17.3 Å². The summed E-state index contributed by atoms with van der Waals surface area (Å²) >= 11 is 1.12. The molecule has 1 aliphatic heterocycles. The Morgan fingerprint density at radius 2 is 2.21 bits per heavy atom. The topological polar surface area (TPSA) is 62.5 Å². The molecule has 5 nitrogen and oxygen atoms in total. The lowest BCUT2D eigenvalue weighted by atomic mass is 9.98. The molecule has 0 radical (unpaired) electrons. The second-order valence-electron chi connectivity index (χ2n) is 5.46. The Morgan fingerprint density at radius 3 is 2.84 bits per heavy atom. The molecule has 19 heavy (non-hydrogen) atoms. The maximum atomic E-state index is 12.2. The van der Waals surface area contributed by atoms with Gasteiger partial charge in [0.05, 0.1) is 5.60 Å². The number of rotatable bonds is 2. The average molecular weight is 284 g/mol. The first-order valence-corrected chi connectivity index (χ1v) is 7.42. The highest BCUT2D eigenvalue weighted by molar-refractivity contribution is 7.07. The third-order valence-corrected chi connectivity index (χ3v) is 4.57. The molecular formula is C13H20N2O3S. The summed E-state index contributed by atoms with van der Waals surface area (Å²) in [5, 5.41) is 11.8. The van der Waals surface area contributed by atoms with Crippen molar-refractivity contribution in [3.05, 3.63) is 20.7 Å². The molecule has 1 atom stereocenters. The SMILES string of the molecule is Cc1csc(=O)n1CC(=O)N1CCCC(C)(O)CC1. The van der Waals surface area contributed by atoms with Crippen molar-refractivity contribution in [3.8, 4) is 0 Å². The highest BCUT2D eigenvalue weighted by Gasteiger charge is 2.27. The van der Waals surface area contributed by atoms with Gasteiger partial charge < -0.3 is 10.0 Å². The molecular weight excluding hydrogens is 264 g/mol. The summed E-state index contributed by atoms with van der Waals surface area (Å²) in [6.45, 7) is 4.97. The third kappa shape index (κ3) is 3.45. The summed E-state index contributed by atoms with van der Waals surface area (Å²) in [6, 6.07) is 0. The van der Waals surface area contributed by atoms with Gasteiger partial charge in [0, 0.05) is 24.2 Å². The van der Waals surface area contributed by atoms with Crippen molar-refractivity contribution in [1.82, 2.24) is 9.47 Å². The standard InChI is InChI=1S/C13H20N2O3S/c1-10-9-19-12(17)15(10)8-11(16)14-6-3-4-13(2,18)5-7-14/h9,18H,3-8H2,1-2H3. The van der Waals surface area contributed by atoms with Crippen LogP contribution in [0.25, 0.3) is 0 Å². The number of amides is 1. The van der Waals surface area contributed by atoms with E-state index in [0.717, 1.165) is 23.5 Å². The summed E-state index contributed by atoms with van der Waals surface area (Å²) in [5.74, 6) is -0.0405. The number of aryl methyl sites for hydroxylation is 1. The molecule has 2 rings (SSSR count). The number of hydrogen-bond donors (Lipinski definition) is 1. The Morgan fingerprint density at radius 1 is 1.47 bits per heavy atom. The van der Waals surface area contributed by atoms with Crippen molar-refractivity contribution >= 4 is 17.2 Å². The van der Waals surface area contributed by atoms with Crippen molar-refractivity contribution in [2.45, 2.75) is 45.3 Å². The second-order valence-corrected chi connectivity index (χ2v) is 6.28. The van der Waals surface area contributed by atoms with Gasteiger partial charge in [-0.2, -0.15) is 0 Å². The molecule has 1 aliphatic rings. The monoisotopic (exact) mass is 284 g/mol. The molecule has 106 valence electrons. The zero-order valence-corrected chi connectivity index (χ0v) is 12.2.